The van der Waals surface area contributed by atoms with Crippen LogP contribution in [-0.4, -0.2) is 12.2 Å². The van der Waals surface area contributed by atoms with Gasteiger partial charge in [-0.15, -0.1) is 0 Å². The molecule has 0 spiro atoms. The normalized spacial score (nSPS) is 12.3. The maximum absolute atomic E-state index is 13.0. The first-order chi connectivity index (χ1) is 10.1. The van der Waals surface area contributed by atoms with Crippen LogP contribution in [0.1, 0.15) is 11.1 Å². The van der Waals surface area contributed by atoms with Crippen LogP contribution in [0.3, 0.4) is 0 Å². The highest BCUT2D eigenvalue weighted by Gasteiger charge is 2.38. The summed E-state index contributed by atoms with van der Waals surface area (Å²) < 4.78 is 38.9. The molecule has 0 heterocycles. The Labute approximate surface area is 121 Å². The van der Waals surface area contributed by atoms with Gasteiger partial charge in [0.15, 0.2) is 6.04 Å². The third-order valence-corrected chi connectivity index (χ3v) is 2.82. The summed E-state index contributed by atoms with van der Waals surface area (Å²) in [7, 11) is 0. The molecule has 1 N–H and O–H groups in total. The Hall–Kier alpha value is -2.25. The minimum atomic E-state index is -4.41. The standard InChI is InChI=1S/C17H14F3N/c18-17(19,20)16(12-11-14-7-3-1-4-8-14)21-13-15-9-5-2-6-10-15/h1-10,16,21H,13H2. The first-order valence-corrected chi connectivity index (χ1v) is 6.46. The highest BCUT2D eigenvalue weighted by atomic mass is 19.4. The molecule has 0 aliphatic heterocycles. The van der Waals surface area contributed by atoms with Crippen LogP contribution in [0.25, 0.3) is 0 Å². The molecule has 0 aliphatic rings. The predicted molar refractivity (Wildman–Crippen MR) is 76.4 cm³/mol. The van der Waals surface area contributed by atoms with E-state index in [1.54, 1.807) is 54.6 Å². The van der Waals surface area contributed by atoms with Crippen LogP contribution in [0, 0.1) is 11.8 Å². The van der Waals surface area contributed by atoms with Crippen LogP contribution in [0.15, 0.2) is 60.7 Å². The van der Waals surface area contributed by atoms with Gasteiger partial charge < -0.3 is 0 Å². The molecule has 108 valence electrons. The molecule has 0 radical (unpaired) electrons. The molecule has 0 fully saturated rings. The minimum absolute atomic E-state index is 0.120. The quantitative estimate of drug-likeness (QED) is 0.848. The van der Waals surface area contributed by atoms with E-state index in [0.29, 0.717) is 5.56 Å². The maximum Gasteiger partial charge on any atom is 0.415 e. The second-order valence-corrected chi connectivity index (χ2v) is 4.48. The van der Waals surface area contributed by atoms with E-state index in [1.807, 2.05) is 6.07 Å². The topological polar surface area (TPSA) is 12.0 Å². The van der Waals surface area contributed by atoms with Crippen molar-refractivity contribution in [2.75, 3.05) is 0 Å². The molecule has 1 unspecified atom stereocenters. The monoisotopic (exact) mass is 289 g/mol. The van der Waals surface area contributed by atoms with E-state index in [1.165, 1.54) is 0 Å². The Kier molecular flexibility index (Phi) is 5.02. The van der Waals surface area contributed by atoms with Crippen LogP contribution in [0.4, 0.5) is 13.2 Å². The molecule has 0 bridgehead atoms. The summed E-state index contributed by atoms with van der Waals surface area (Å²) in [6.45, 7) is 0.120. The van der Waals surface area contributed by atoms with E-state index in [2.05, 4.69) is 17.2 Å². The van der Waals surface area contributed by atoms with E-state index in [4.69, 9.17) is 0 Å². The van der Waals surface area contributed by atoms with Crippen LogP contribution in [0.2, 0.25) is 0 Å². The lowest BCUT2D eigenvalue weighted by Gasteiger charge is -2.16. The molecule has 0 aromatic heterocycles. The zero-order valence-electron chi connectivity index (χ0n) is 11.2. The van der Waals surface area contributed by atoms with Gasteiger partial charge in [0, 0.05) is 12.1 Å². The lowest BCUT2D eigenvalue weighted by atomic mass is 10.2. The first-order valence-electron chi connectivity index (χ1n) is 6.46. The van der Waals surface area contributed by atoms with Gasteiger partial charge in [-0.1, -0.05) is 60.4 Å². The van der Waals surface area contributed by atoms with E-state index >= 15 is 0 Å². The van der Waals surface area contributed by atoms with Crippen molar-refractivity contribution in [3.8, 4) is 11.8 Å². The molecule has 1 atom stereocenters. The van der Waals surface area contributed by atoms with Crippen molar-refractivity contribution in [3.05, 3.63) is 71.8 Å². The molecular formula is C17H14F3N. The van der Waals surface area contributed by atoms with Crippen molar-refractivity contribution in [3.63, 3.8) is 0 Å². The van der Waals surface area contributed by atoms with E-state index < -0.39 is 12.2 Å². The van der Waals surface area contributed by atoms with Gasteiger partial charge in [0.25, 0.3) is 0 Å². The summed E-state index contributed by atoms with van der Waals surface area (Å²) in [5, 5.41) is 2.45. The van der Waals surface area contributed by atoms with Crippen LogP contribution < -0.4 is 5.32 Å². The summed E-state index contributed by atoms with van der Waals surface area (Å²) in [5.74, 6) is 4.82. The minimum Gasteiger partial charge on any atom is -0.292 e. The highest BCUT2D eigenvalue weighted by Crippen LogP contribution is 2.20. The number of hydrogen-bond donors (Lipinski definition) is 1. The third kappa shape index (κ3) is 4.97. The predicted octanol–water partition coefficient (Wildman–Crippen LogP) is 3.76. The summed E-state index contributed by atoms with van der Waals surface area (Å²) in [5.41, 5.74) is 1.35. The van der Waals surface area contributed by atoms with Crippen molar-refractivity contribution in [2.24, 2.45) is 0 Å². The Morgan fingerprint density at radius 2 is 1.48 bits per heavy atom. The molecule has 2 rings (SSSR count). The number of nitrogens with one attached hydrogen (secondary N) is 1. The lowest BCUT2D eigenvalue weighted by Crippen LogP contribution is -2.40. The molecule has 0 saturated heterocycles. The Balaban J connectivity index is 2.08. The molecule has 0 aliphatic carbocycles. The van der Waals surface area contributed by atoms with Crippen LogP contribution in [0.5, 0.6) is 0 Å². The van der Waals surface area contributed by atoms with Crippen molar-refractivity contribution >= 4 is 0 Å². The Morgan fingerprint density at radius 3 is 2.05 bits per heavy atom. The van der Waals surface area contributed by atoms with E-state index in [9.17, 15) is 13.2 Å². The summed E-state index contributed by atoms with van der Waals surface area (Å²) in [6, 6.07) is 15.7. The molecule has 21 heavy (non-hydrogen) atoms. The zero-order chi connectivity index (χ0) is 15.1. The van der Waals surface area contributed by atoms with Gasteiger partial charge in [0.1, 0.15) is 0 Å². The third-order valence-electron chi connectivity index (χ3n) is 2.82. The number of halogens is 3. The largest absolute Gasteiger partial charge is 0.415 e. The Bertz CT molecular complexity index is 609. The van der Waals surface area contributed by atoms with E-state index in [0.717, 1.165) is 5.56 Å². The molecule has 2 aromatic rings. The average molecular weight is 289 g/mol. The van der Waals surface area contributed by atoms with Crippen molar-refractivity contribution < 1.29 is 13.2 Å². The number of alkyl halides is 3. The molecule has 4 heteroatoms. The van der Waals surface area contributed by atoms with Crippen molar-refractivity contribution in [1.82, 2.24) is 5.32 Å². The second-order valence-electron chi connectivity index (χ2n) is 4.48. The SMILES string of the molecule is FC(F)(F)C(C#Cc1ccccc1)NCc1ccccc1. The second kappa shape index (κ2) is 6.96. The van der Waals surface area contributed by atoms with Crippen molar-refractivity contribution in [1.29, 1.82) is 0 Å². The number of benzene rings is 2. The summed E-state index contributed by atoms with van der Waals surface area (Å²) in [6.07, 6.45) is -4.41. The highest BCUT2D eigenvalue weighted by molar-refractivity contribution is 5.35. The van der Waals surface area contributed by atoms with Gasteiger partial charge in [-0.05, 0) is 17.7 Å². The van der Waals surface area contributed by atoms with Gasteiger partial charge in [0.2, 0.25) is 0 Å². The molecular weight excluding hydrogens is 275 g/mol. The zero-order valence-corrected chi connectivity index (χ0v) is 11.2. The summed E-state index contributed by atoms with van der Waals surface area (Å²) >= 11 is 0. The fourth-order valence-corrected chi connectivity index (χ4v) is 1.74. The maximum atomic E-state index is 13.0. The average Bonchev–Trinajstić information content (AvgIpc) is 2.48. The van der Waals surface area contributed by atoms with Gasteiger partial charge in [-0.25, -0.2) is 0 Å². The number of hydrogen-bond acceptors (Lipinski definition) is 1. The lowest BCUT2D eigenvalue weighted by molar-refractivity contribution is -0.142. The molecule has 1 nitrogen and oxygen atoms in total. The fourth-order valence-electron chi connectivity index (χ4n) is 1.74. The molecule has 0 amide bonds. The molecule has 2 aromatic carbocycles. The van der Waals surface area contributed by atoms with Gasteiger partial charge in [-0.2, -0.15) is 13.2 Å². The molecule has 0 saturated carbocycles. The smallest absolute Gasteiger partial charge is 0.292 e. The van der Waals surface area contributed by atoms with Crippen LogP contribution >= 0.6 is 0 Å². The fraction of sp³-hybridized carbons (Fsp3) is 0.176. The van der Waals surface area contributed by atoms with Gasteiger partial charge in [-0.3, -0.25) is 5.32 Å². The van der Waals surface area contributed by atoms with Crippen molar-refractivity contribution in [2.45, 2.75) is 18.8 Å². The Morgan fingerprint density at radius 1 is 0.905 bits per heavy atom. The number of rotatable bonds is 3. The van der Waals surface area contributed by atoms with E-state index in [-0.39, 0.29) is 6.54 Å². The van der Waals surface area contributed by atoms with Gasteiger partial charge >= 0.3 is 6.18 Å². The van der Waals surface area contributed by atoms with Crippen LogP contribution in [-0.2, 0) is 6.54 Å². The summed E-state index contributed by atoms with van der Waals surface area (Å²) in [4.78, 5) is 0. The van der Waals surface area contributed by atoms with Gasteiger partial charge in [0.05, 0.1) is 0 Å². The first kappa shape index (κ1) is 15.1.